The fraction of sp³-hybridized carbons (Fsp3) is 0.214. The summed E-state index contributed by atoms with van der Waals surface area (Å²) < 4.78 is 11.0. The summed E-state index contributed by atoms with van der Waals surface area (Å²) in [7, 11) is 0. The van der Waals surface area contributed by atoms with Crippen LogP contribution in [0.4, 0.5) is 0 Å². The van der Waals surface area contributed by atoms with Gasteiger partial charge in [0.25, 0.3) is 0 Å². The summed E-state index contributed by atoms with van der Waals surface area (Å²) in [4.78, 5) is 18.4. The van der Waals surface area contributed by atoms with E-state index in [1.54, 1.807) is 18.2 Å². The van der Waals surface area contributed by atoms with Crippen LogP contribution >= 0.6 is 0 Å². The number of hydrogen-bond donors (Lipinski definition) is 1. The van der Waals surface area contributed by atoms with E-state index in [1.165, 1.54) is 12.4 Å². The first-order valence-electron chi connectivity index (χ1n) is 6.15. The Hall–Kier alpha value is -2.63. The predicted octanol–water partition coefficient (Wildman–Crippen LogP) is 2.76. The predicted molar refractivity (Wildman–Crippen MR) is 71.3 cm³/mol. The molecule has 0 bridgehead atoms. The third-order valence-corrected chi connectivity index (χ3v) is 2.39. The van der Waals surface area contributed by atoms with Crippen LogP contribution in [0.15, 0.2) is 36.7 Å². The Kier molecular flexibility index (Phi) is 4.49. The molecule has 0 atom stereocenters. The van der Waals surface area contributed by atoms with Gasteiger partial charge in [-0.3, -0.25) is 0 Å². The maximum Gasteiger partial charge on any atom is 0.338 e. The third-order valence-electron chi connectivity index (χ3n) is 2.39. The number of benzene rings is 1. The quantitative estimate of drug-likeness (QED) is 0.872. The second-order valence-corrected chi connectivity index (χ2v) is 3.96. The minimum absolute atomic E-state index is 0.00729. The number of ether oxygens (including phenoxy) is 2. The van der Waals surface area contributed by atoms with Gasteiger partial charge in [-0.2, -0.15) is 0 Å². The summed E-state index contributed by atoms with van der Waals surface area (Å²) in [6.07, 6.45) is 3.28. The van der Waals surface area contributed by atoms with Crippen LogP contribution in [-0.4, -0.2) is 27.7 Å². The summed E-state index contributed by atoms with van der Waals surface area (Å²) in [6.45, 7) is 2.59. The van der Waals surface area contributed by atoms with Crippen LogP contribution in [0.2, 0.25) is 0 Å². The van der Waals surface area contributed by atoms with E-state index < -0.39 is 5.97 Å². The maximum absolute atomic E-state index is 10.7. The van der Waals surface area contributed by atoms with Crippen molar-refractivity contribution in [2.24, 2.45) is 0 Å². The normalized spacial score (nSPS) is 10.1. The van der Waals surface area contributed by atoms with E-state index in [0.717, 1.165) is 6.42 Å². The topological polar surface area (TPSA) is 81.5 Å². The van der Waals surface area contributed by atoms with Crippen molar-refractivity contribution in [1.82, 2.24) is 9.97 Å². The van der Waals surface area contributed by atoms with E-state index >= 15 is 0 Å². The van der Waals surface area contributed by atoms with Gasteiger partial charge in [-0.15, -0.1) is 0 Å². The van der Waals surface area contributed by atoms with Crippen LogP contribution in [0.25, 0.3) is 0 Å². The number of aromatic carboxylic acids is 1. The first-order valence-corrected chi connectivity index (χ1v) is 6.15. The highest BCUT2D eigenvalue weighted by Gasteiger charge is 2.09. The van der Waals surface area contributed by atoms with Gasteiger partial charge in [0.05, 0.1) is 12.2 Å². The standard InChI is InChI=1S/C14H14N2O4/c1-2-7-19-11-5-3-4-6-12(11)20-14-15-8-10(9-16-14)13(17)18/h3-6,8-9H,2,7H2,1H3,(H,17,18). The SMILES string of the molecule is CCCOc1ccccc1Oc1ncc(C(=O)O)cn1. The molecule has 1 aromatic carbocycles. The zero-order valence-corrected chi connectivity index (χ0v) is 10.9. The zero-order valence-electron chi connectivity index (χ0n) is 10.9. The average Bonchev–Trinajstić information content (AvgIpc) is 2.47. The lowest BCUT2D eigenvalue weighted by Gasteiger charge is -2.10. The van der Waals surface area contributed by atoms with E-state index in [0.29, 0.717) is 18.1 Å². The van der Waals surface area contributed by atoms with Gasteiger partial charge in [0, 0.05) is 12.4 Å². The van der Waals surface area contributed by atoms with Crippen LogP contribution in [-0.2, 0) is 0 Å². The molecule has 0 radical (unpaired) electrons. The molecule has 0 unspecified atom stereocenters. The van der Waals surface area contributed by atoms with E-state index in [9.17, 15) is 4.79 Å². The molecule has 0 amide bonds. The summed E-state index contributed by atoms with van der Waals surface area (Å²) >= 11 is 0. The van der Waals surface area contributed by atoms with Crippen molar-refractivity contribution in [2.45, 2.75) is 13.3 Å². The summed E-state index contributed by atoms with van der Waals surface area (Å²) in [5.41, 5.74) is 0.00729. The van der Waals surface area contributed by atoms with Crippen LogP contribution < -0.4 is 9.47 Å². The highest BCUT2D eigenvalue weighted by atomic mass is 16.5. The van der Waals surface area contributed by atoms with Gasteiger partial charge in [-0.05, 0) is 18.6 Å². The number of carboxylic acids is 1. The Morgan fingerprint density at radius 3 is 2.45 bits per heavy atom. The molecule has 0 aliphatic rings. The molecule has 2 rings (SSSR count). The molecular weight excluding hydrogens is 260 g/mol. The molecule has 0 saturated carbocycles. The lowest BCUT2D eigenvalue weighted by molar-refractivity contribution is 0.0696. The fourth-order valence-corrected chi connectivity index (χ4v) is 1.44. The maximum atomic E-state index is 10.7. The van der Waals surface area contributed by atoms with Crippen molar-refractivity contribution >= 4 is 5.97 Å². The van der Waals surface area contributed by atoms with Crippen molar-refractivity contribution in [3.8, 4) is 17.5 Å². The molecule has 20 heavy (non-hydrogen) atoms. The van der Waals surface area contributed by atoms with Gasteiger partial charge < -0.3 is 14.6 Å². The molecule has 1 N–H and O–H groups in total. The number of carbonyl (C=O) groups is 1. The molecular formula is C14H14N2O4. The third kappa shape index (κ3) is 3.44. The van der Waals surface area contributed by atoms with E-state index in [-0.39, 0.29) is 11.6 Å². The molecule has 6 nitrogen and oxygen atoms in total. The number of carboxylic acid groups (broad SMARTS) is 1. The van der Waals surface area contributed by atoms with Crippen molar-refractivity contribution < 1.29 is 19.4 Å². The first-order chi connectivity index (χ1) is 9.70. The molecule has 104 valence electrons. The second kappa shape index (κ2) is 6.51. The van der Waals surface area contributed by atoms with Gasteiger partial charge in [0.2, 0.25) is 0 Å². The smallest absolute Gasteiger partial charge is 0.338 e. The van der Waals surface area contributed by atoms with Crippen LogP contribution in [0.3, 0.4) is 0 Å². The molecule has 1 aromatic heterocycles. The van der Waals surface area contributed by atoms with Gasteiger partial charge in [-0.1, -0.05) is 19.1 Å². The summed E-state index contributed by atoms with van der Waals surface area (Å²) in [5, 5.41) is 8.77. The molecule has 0 aliphatic heterocycles. The number of nitrogens with zero attached hydrogens (tertiary/aromatic N) is 2. The van der Waals surface area contributed by atoms with Crippen molar-refractivity contribution in [3.05, 3.63) is 42.2 Å². The minimum atomic E-state index is -1.08. The summed E-state index contributed by atoms with van der Waals surface area (Å²) in [6, 6.07) is 7.24. The number of hydrogen-bond acceptors (Lipinski definition) is 5. The van der Waals surface area contributed by atoms with Crippen molar-refractivity contribution in [3.63, 3.8) is 0 Å². The van der Waals surface area contributed by atoms with Gasteiger partial charge >= 0.3 is 12.0 Å². The number of aromatic nitrogens is 2. The molecule has 2 aromatic rings. The van der Waals surface area contributed by atoms with Gasteiger partial charge in [-0.25, -0.2) is 14.8 Å². The Morgan fingerprint density at radius 2 is 1.85 bits per heavy atom. The Morgan fingerprint density at radius 1 is 1.20 bits per heavy atom. The van der Waals surface area contributed by atoms with E-state index in [4.69, 9.17) is 14.6 Å². The van der Waals surface area contributed by atoms with Gasteiger partial charge in [0.1, 0.15) is 0 Å². The first kappa shape index (κ1) is 13.8. The number of rotatable bonds is 6. The summed E-state index contributed by atoms with van der Waals surface area (Å²) in [5.74, 6) is 0.00696. The lowest BCUT2D eigenvalue weighted by Crippen LogP contribution is -2.01. The second-order valence-electron chi connectivity index (χ2n) is 3.96. The average molecular weight is 274 g/mol. The largest absolute Gasteiger partial charge is 0.490 e. The van der Waals surface area contributed by atoms with Crippen molar-refractivity contribution in [2.75, 3.05) is 6.61 Å². The highest BCUT2D eigenvalue weighted by Crippen LogP contribution is 2.29. The lowest BCUT2D eigenvalue weighted by atomic mass is 10.3. The zero-order chi connectivity index (χ0) is 14.4. The highest BCUT2D eigenvalue weighted by molar-refractivity contribution is 5.86. The fourth-order valence-electron chi connectivity index (χ4n) is 1.44. The molecule has 6 heteroatoms. The monoisotopic (exact) mass is 274 g/mol. The molecule has 1 heterocycles. The van der Waals surface area contributed by atoms with E-state index in [2.05, 4.69) is 9.97 Å². The Balaban J connectivity index is 2.14. The number of para-hydroxylation sites is 2. The Bertz CT molecular complexity index is 584. The molecule has 0 spiro atoms. The minimum Gasteiger partial charge on any atom is -0.490 e. The van der Waals surface area contributed by atoms with Crippen LogP contribution in [0.5, 0.6) is 17.5 Å². The molecule has 0 aliphatic carbocycles. The van der Waals surface area contributed by atoms with Crippen molar-refractivity contribution in [1.29, 1.82) is 0 Å². The van der Waals surface area contributed by atoms with Crippen LogP contribution in [0.1, 0.15) is 23.7 Å². The molecule has 0 fully saturated rings. The molecule has 0 saturated heterocycles. The van der Waals surface area contributed by atoms with Crippen LogP contribution in [0, 0.1) is 0 Å². The van der Waals surface area contributed by atoms with Gasteiger partial charge in [0.15, 0.2) is 11.5 Å². The Labute approximate surface area is 116 Å². The van der Waals surface area contributed by atoms with E-state index in [1.807, 2.05) is 13.0 Å².